The Kier molecular flexibility index (Phi) is 4.91. The molecule has 31 heavy (non-hydrogen) atoms. The summed E-state index contributed by atoms with van der Waals surface area (Å²) in [6.07, 6.45) is 7.60. The number of hydroxylamine groups is 1. The Morgan fingerprint density at radius 1 is 1.06 bits per heavy atom. The minimum absolute atomic E-state index is 0.258. The fourth-order valence-corrected chi connectivity index (χ4v) is 4.52. The van der Waals surface area contributed by atoms with E-state index in [0.29, 0.717) is 0 Å². The van der Waals surface area contributed by atoms with Crippen LogP contribution in [0.1, 0.15) is 40.9 Å². The molecule has 0 aliphatic heterocycles. The van der Waals surface area contributed by atoms with Gasteiger partial charge in [-0.2, -0.15) is 5.10 Å². The molecule has 2 N–H and O–H groups in total. The monoisotopic (exact) mass is 412 g/mol. The lowest BCUT2D eigenvalue weighted by atomic mass is 9.68. The van der Waals surface area contributed by atoms with Crippen LogP contribution in [0.2, 0.25) is 0 Å². The lowest BCUT2D eigenvalue weighted by Crippen LogP contribution is -2.31. The molecule has 1 fully saturated rings. The van der Waals surface area contributed by atoms with Crippen molar-refractivity contribution < 1.29 is 4.84 Å². The minimum atomic E-state index is -0.258. The van der Waals surface area contributed by atoms with Crippen LogP contribution >= 0.6 is 0 Å². The average molecular weight is 413 g/mol. The van der Waals surface area contributed by atoms with Gasteiger partial charge in [0, 0.05) is 42.9 Å². The molecule has 1 aromatic heterocycles. The van der Waals surface area contributed by atoms with Crippen LogP contribution < -0.4 is 10.4 Å². The summed E-state index contributed by atoms with van der Waals surface area (Å²) in [5, 5.41) is 8.03. The molecule has 5 heteroatoms. The van der Waals surface area contributed by atoms with Crippen molar-refractivity contribution in [2.45, 2.75) is 24.7 Å². The van der Waals surface area contributed by atoms with Gasteiger partial charge in [-0.25, -0.2) is 0 Å². The quantitative estimate of drug-likeness (QED) is 0.577. The van der Waals surface area contributed by atoms with Crippen molar-refractivity contribution in [2.24, 2.45) is 0 Å². The summed E-state index contributed by atoms with van der Waals surface area (Å²) in [4.78, 5) is 7.40. The summed E-state index contributed by atoms with van der Waals surface area (Å²) >= 11 is 0. The van der Waals surface area contributed by atoms with Gasteiger partial charge >= 0.3 is 0 Å². The first kappa shape index (κ1) is 19.6. The summed E-state index contributed by atoms with van der Waals surface area (Å²) in [6, 6.07) is 19.6. The van der Waals surface area contributed by atoms with Crippen LogP contribution in [0, 0.1) is 0 Å². The van der Waals surface area contributed by atoms with Crippen molar-refractivity contribution >= 4 is 17.5 Å². The summed E-state index contributed by atoms with van der Waals surface area (Å²) in [5.74, 6) is 0. The standard InChI is InChI=1S/C26H28N4O/c1-30(2)21-11-7-10-20(16-21)26(19-8-5-4-6-9-19)15-14-22-23(17-26)27-28-25(22)24(29-31-3)18-12-13-18/h4-11,14-16,29H,12-13,17H2,1-3H3,(H,27,28). The fourth-order valence-electron chi connectivity index (χ4n) is 4.52. The second-order valence-corrected chi connectivity index (χ2v) is 8.54. The van der Waals surface area contributed by atoms with Crippen molar-refractivity contribution in [2.75, 3.05) is 26.1 Å². The van der Waals surface area contributed by atoms with Gasteiger partial charge in [0.25, 0.3) is 0 Å². The number of rotatable bonds is 6. The number of anilines is 1. The lowest BCUT2D eigenvalue weighted by molar-refractivity contribution is 0.136. The SMILES string of the molecule is CONC(=C1CC1)c1n[nH]c2c1C=CC(c1ccccc1)(c1cccc(N(C)C)c1)C2. The van der Waals surface area contributed by atoms with Gasteiger partial charge in [0.2, 0.25) is 0 Å². The molecule has 3 aromatic rings. The third-order valence-electron chi connectivity index (χ3n) is 6.33. The predicted molar refractivity (Wildman–Crippen MR) is 126 cm³/mol. The molecule has 1 atom stereocenters. The first-order valence-electron chi connectivity index (χ1n) is 10.7. The molecule has 5 rings (SSSR count). The summed E-state index contributed by atoms with van der Waals surface area (Å²) in [6.45, 7) is 0. The Morgan fingerprint density at radius 2 is 1.84 bits per heavy atom. The number of nitrogens with zero attached hydrogens (tertiary/aromatic N) is 2. The maximum Gasteiger partial charge on any atom is 0.118 e. The van der Waals surface area contributed by atoms with Gasteiger partial charge in [-0.3, -0.25) is 15.4 Å². The van der Waals surface area contributed by atoms with E-state index in [1.807, 2.05) is 0 Å². The molecule has 0 bridgehead atoms. The molecule has 2 aromatic carbocycles. The van der Waals surface area contributed by atoms with Crippen LogP contribution in [0.3, 0.4) is 0 Å². The van der Waals surface area contributed by atoms with E-state index in [0.717, 1.165) is 41.9 Å². The van der Waals surface area contributed by atoms with Gasteiger partial charge in [-0.15, -0.1) is 0 Å². The average Bonchev–Trinajstić information content (AvgIpc) is 3.57. The Balaban J connectivity index is 1.63. The van der Waals surface area contributed by atoms with E-state index in [2.05, 4.69) is 96.3 Å². The van der Waals surface area contributed by atoms with E-state index in [1.54, 1.807) is 7.11 Å². The number of hydrogen-bond acceptors (Lipinski definition) is 4. The number of allylic oxidation sites excluding steroid dienone is 2. The summed E-state index contributed by atoms with van der Waals surface area (Å²) < 4.78 is 0. The molecular weight excluding hydrogens is 384 g/mol. The fraction of sp³-hybridized carbons (Fsp3) is 0.269. The molecule has 0 amide bonds. The molecule has 1 saturated carbocycles. The lowest BCUT2D eigenvalue weighted by Gasteiger charge is -2.35. The highest BCUT2D eigenvalue weighted by Gasteiger charge is 2.37. The van der Waals surface area contributed by atoms with E-state index in [9.17, 15) is 0 Å². The largest absolute Gasteiger partial charge is 0.378 e. The van der Waals surface area contributed by atoms with Gasteiger partial charge in [0.05, 0.1) is 12.8 Å². The van der Waals surface area contributed by atoms with E-state index in [1.165, 1.54) is 22.4 Å². The number of fused-ring (bicyclic) bond motifs is 1. The number of H-pyrrole nitrogens is 1. The Morgan fingerprint density at radius 3 is 2.55 bits per heavy atom. The minimum Gasteiger partial charge on any atom is -0.378 e. The zero-order chi connectivity index (χ0) is 21.4. The first-order chi connectivity index (χ1) is 15.1. The van der Waals surface area contributed by atoms with Gasteiger partial charge < -0.3 is 4.90 Å². The van der Waals surface area contributed by atoms with E-state index >= 15 is 0 Å². The third kappa shape index (κ3) is 3.45. The van der Waals surface area contributed by atoms with E-state index in [4.69, 9.17) is 9.94 Å². The van der Waals surface area contributed by atoms with Crippen molar-refractivity contribution in [1.82, 2.24) is 15.7 Å². The maximum atomic E-state index is 5.24. The van der Waals surface area contributed by atoms with Crippen LogP contribution in [0.25, 0.3) is 11.8 Å². The molecular formula is C26H28N4O. The van der Waals surface area contributed by atoms with Gasteiger partial charge in [0.15, 0.2) is 0 Å². The molecule has 0 saturated heterocycles. The highest BCUT2D eigenvalue weighted by molar-refractivity contribution is 5.77. The van der Waals surface area contributed by atoms with E-state index in [-0.39, 0.29) is 5.41 Å². The van der Waals surface area contributed by atoms with Crippen LogP contribution in [0.15, 0.2) is 66.2 Å². The third-order valence-corrected chi connectivity index (χ3v) is 6.33. The van der Waals surface area contributed by atoms with Crippen molar-refractivity contribution in [3.8, 4) is 0 Å². The number of aromatic nitrogens is 2. The molecule has 0 radical (unpaired) electrons. The Bertz CT molecular complexity index is 1150. The normalized spacial score (nSPS) is 19.1. The zero-order valence-corrected chi connectivity index (χ0v) is 18.3. The van der Waals surface area contributed by atoms with Crippen molar-refractivity contribution in [3.05, 3.63) is 94.3 Å². The number of nitrogens with one attached hydrogen (secondary N) is 2. The van der Waals surface area contributed by atoms with Gasteiger partial charge in [0.1, 0.15) is 5.69 Å². The smallest absolute Gasteiger partial charge is 0.118 e. The first-order valence-corrected chi connectivity index (χ1v) is 10.7. The number of aromatic amines is 1. The topological polar surface area (TPSA) is 53.2 Å². The summed E-state index contributed by atoms with van der Waals surface area (Å²) in [7, 11) is 5.82. The Hall–Kier alpha value is -3.31. The molecule has 1 unspecified atom stereocenters. The van der Waals surface area contributed by atoms with E-state index < -0.39 is 0 Å². The zero-order valence-electron chi connectivity index (χ0n) is 18.3. The predicted octanol–water partition coefficient (Wildman–Crippen LogP) is 4.69. The van der Waals surface area contributed by atoms with Crippen LogP contribution in [0.4, 0.5) is 5.69 Å². The highest BCUT2D eigenvalue weighted by Crippen LogP contribution is 2.44. The highest BCUT2D eigenvalue weighted by atomic mass is 16.6. The van der Waals surface area contributed by atoms with Crippen molar-refractivity contribution in [3.63, 3.8) is 0 Å². The molecule has 2 aliphatic rings. The van der Waals surface area contributed by atoms with Crippen molar-refractivity contribution in [1.29, 1.82) is 0 Å². The molecule has 2 aliphatic carbocycles. The van der Waals surface area contributed by atoms with Gasteiger partial charge in [-0.1, -0.05) is 54.6 Å². The second kappa shape index (κ2) is 7.75. The van der Waals surface area contributed by atoms with Crippen LogP contribution in [-0.4, -0.2) is 31.4 Å². The van der Waals surface area contributed by atoms with Crippen LogP contribution in [-0.2, 0) is 16.7 Å². The molecule has 158 valence electrons. The molecule has 5 nitrogen and oxygen atoms in total. The molecule has 1 heterocycles. The second-order valence-electron chi connectivity index (χ2n) is 8.54. The number of hydrogen-bond donors (Lipinski definition) is 2. The number of benzene rings is 2. The Labute approximate surface area is 183 Å². The summed E-state index contributed by atoms with van der Waals surface area (Å²) in [5.41, 5.74) is 12.2. The molecule has 0 spiro atoms. The van der Waals surface area contributed by atoms with Gasteiger partial charge in [-0.05, 0) is 41.7 Å². The maximum absolute atomic E-state index is 5.24. The van der Waals surface area contributed by atoms with Crippen LogP contribution in [0.5, 0.6) is 0 Å².